The van der Waals surface area contributed by atoms with Gasteiger partial charge in [0, 0.05) is 31.5 Å². The third-order valence-electron chi connectivity index (χ3n) is 4.17. The summed E-state index contributed by atoms with van der Waals surface area (Å²) < 4.78 is 4.90. The van der Waals surface area contributed by atoms with Crippen LogP contribution in [0.2, 0.25) is 0 Å². The second-order valence-corrected chi connectivity index (χ2v) is 5.27. The van der Waals surface area contributed by atoms with Crippen molar-refractivity contribution in [3.63, 3.8) is 0 Å². The van der Waals surface area contributed by atoms with Crippen molar-refractivity contribution < 1.29 is 9.53 Å². The maximum absolute atomic E-state index is 12.4. The fourth-order valence-electron chi connectivity index (χ4n) is 3.05. The van der Waals surface area contributed by atoms with E-state index in [-0.39, 0.29) is 11.9 Å². The van der Waals surface area contributed by atoms with Crippen molar-refractivity contribution in [2.45, 2.75) is 12.5 Å². The second-order valence-electron chi connectivity index (χ2n) is 5.27. The highest BCUT2D eigenvalue weighted by Crippen LogP contribution is 2.30. The van der Waals surface area contributed by atoms with Gasteiger partial charge in [0.2, 0.25) is 0 Å². The zero-order valence-electron chi connectivity index (χ0n) is 11.2. The summed E-state index contributed by atoms with van der Waals surface area (Å²) in [7, 11) is 3.64. The molecule has 2 fully saturated rings. The van der Waals surface area contributed by atoms with Crippen LogP contribution in [0.25, 0.3) is 0 Å². The van der Waals surface area contributed by atoms with E-state index in [0.29, 0.717) is 17.5 Å². The molecule has 1 amide bonds. The number of carbonyl (C=O) groups excluding carboxylic acids is 1. The predicted octanol–water partition coefficient (Wildman–Crippen LogP) is 0.261. The number of rotatable bonds is 2. The van der Waals surface area contributed by atoms with Gasteiger partial charge >= 0.3 is 6.01 Å². The SMILES string of the molecule is COc1ncc(C(=O)N2C[C@@H]3CCN(C)[C@@H]3C2)cn1. The van der Waals surface area contributed by atoms with E-state index in [2.05, 4.69) is 21.9 Å². The molecular formula is C13H18N4O2. The van der Waals surface area contributed by atoms with Crippen LogP contribution in [0.15, 0.2) is 12.4 Å². The number of hydrogen-bond donors (Lipinski definition) is 0. The summed E-state index contributed by atoms with van der Waals surface area (Å²) in [4.78, 5) is 24.6. The number of fused-ring (bicyclic) bond motifs is 1. The van der Waals surface area contributed by atoms with Crippen molar-refractivity contribution in [3.05, 3.63) is 18.0 Å². The number of amides is 1. The van der Waals surface area contributed by atoms with Gasteiger partial charge in [0.15, 0.2) is 0 Å². The van der Waals surface area contributed by atoms with Crippen molar-refractivity contribution >= 4 is 5.91 Å². The molecule has 2 saturated heterocycles. The van der Waals surface area contributed by atoms with Crippen LogP contribution in [-0.2, 0) is 0 Å². The van der Waals surface area contributed by atoms with Crippen molar-refractivity contribution in [1.29, 1.82) is 0 Å². The quantitative estimate of drug-likeness (QED) is 0.765. The molecule has 6 nitrogen and oxygen atoms in total. The van der Waals surface area contributed by atoms with Crippen molar-refractivity contribution in [1.82, 2.24) is 19.8 Å². The van der Waals surface area contributed by atoms with Crippen molar-refractivity contribution in [2.75, 3.05) is 33.8 Å². The Balaban J connectivity index is 1.71. The molecule has 0 radical (unpaired) electrons. The zero-order chi connectivity index (χ0) is 13.4. The number of hydrogen-bond acceptors (Lipinski definition) is 5. The van der Waals surface area contributed by atoms with Gasteiger partial charge in [-0.15, -0.1) is 0 Å². The van der Waals surface area contributed by atoms with E-state index in [1.54, 1.807) is 0 Å². The number of ether oxygens (including phenoxy) is 1. The molecule has 0 spiro atoms. The first-order valence-corrected chi connectivity index (χ1v) is 6.54. The van der Waals surface area contributed by atoms with Crippen LogP contribution in [0, 0.1) is 5.92 Å². The van der Waals surface area contributed by atoms with Gasteiger partial charge in [-0.3, -0.25) is 4.79 Å². The van der Waals surface area contributed by atoms with Gasteiger partial charge in [-0.25, -0.2) is 9.97 Å². The molecule has 3 heterocycles. The van der Waals surface area contributed by atoms with Crippen molar-refractivity contribution in [2.24, 2.45) is 5.92 Å². The molecule has 0 bridgehead atoms. The van der Waals surface area contributed by atoms with Gasteiger partial charge in [-0.1, -0.05) is 0 Å². The highest BCUT2D eigenvalue weighted by atomic mass is 16.5. The molecule has 2 aliphatic rings. The average molecular weight is 262 g/mol. The Labute approximate surface area is 112 Å². The Morgan fingerprint density at radius 3 is 2.74 bits per heavy atom. The summed E-state index contributed by atoms with van der Waals surface area (Å²) in [5.74, 6) is 0.638. The molecule has 102 valence electrons. The number of carbonyl (C=O) groups is 1. The van der Waals surface area contributed by atoms with E-state index >= 15 is 0 Å². The smallest absolute Gasteiger partial charge is 0.316 e. The topological polar surface area (TPSA) is 58.6 Å². The lowest BCUT2D eigenvalue weighted by molar-refractivity contribution is 0.0773. The molecule has 6 heteroatoms. The van der Waals surface area contributed by atoms with Crippen LogP contribution in [-0.4, -0.2) is 65.5 Å². The second kappa shape index (κ2) is 4.77. The molecule has 0 aliphatic carbocycles. The third kappa shape index (κ3) is 2.16. The summed E-state index contributed by atoms with van der Waals surface area (Å²) in [5, 5.41) is 0. The summed E-state index contributed by atoms with van der Waals surface area (Å²) in [6, 6.07) is 0.803. The standard InChI is InChI=1S/C13H18N4O2/c1-16-4-3-9-7-17(8-11(9)16)12(18)10-5-14-13(19-2)15-6-10/h5-6,9,11H,3-4,7-8H2,1-2H3/t9-,11+/m0/s1. The molecule has 19 heavy (non-hydrogen) atoms. The van der Waals surface area contributed by atoms with E-state index in [9.17, 15) is 4.79 Å². The lowest BCUT2D eigenvalue weighted by atomic mass is 10.1. The monoisotopic (exact) mass is 262 g/mol. The molecular weight excluding hydrogens is 244 g/mol. The minimum Gasteiger partial charge on any atom is -0.467 e. The number of methoxy groups -OCH3 is 1. The molecule has 0 N–H and O–H groups in total. The van der Waals surface area contributed by atoms with E-state index in [1.807, 2.05) is 4.90 Å². The van der Waals surface area contributed by atoms with E-state index < -0.39 is 0 Å². The summed E-state index contributed by atoms with van der Waals surface area (Å²) in [5.41, 5.74) is 0.531. The maximum Gasteiger partial charge on any atom is 0.316 e. The van der Waals surface area contributed by atoms with Crippen molar-refractivity contribution in [3.8, 4) is 6.01 Å². The normalized spacial score (nSPS) is 26.5. The van der Waals surface area contributed by atoms with Gasteiger partial charge in [0.25, 0.3) is 5.91 Å². The Hall–Kier alpha value is -1.69. The molecule has 2 aliphatic heterocycles. The van der Waals surface area contributed by atoms with E-state index in [4.69, 9.17) is 4.74 Å². The minimum atomic E-state index is 0.0189. The molecule has 0 saturated carbocycles. The van der Waals surface area contributed by atoms with Crippen LogP contribution in [0.4, 0.5) is 0 Å². The highest BCUT2D eigenvalue weighted by Gasteiger charge is 2.41. The lowest BCUT2D eigenvalue weighted by Gasteiger charge is -2.20. The zero-order valence-corrected chi connectivity index (χ0v) is 11.2. The summed E-state index contributed by atoms with van der Waals surface area (Å²) in [6.07, 6.45) is 4.25. The third-order valence-corrected chi connectivity index (χ3v) is 4.17. The Bertz CT molecular complexity index is 476. The minimum absolute atomic E-state index is 0.0189. The van der Waals surface area contributed by atoms with Gasteiger partial charge in [0.1, 0.15) is 0 Å². The molecule has 1 aromatic heterocycles. The van der Waals surface area contributed by atoms with E-state index in [1.165, 1.54) is 25.9 Å². The summed E-state index contributed by atoms with van der Waals surface area (Å²) >= 11 is 0. The fraction of sp³-hybridized carbons (Fsp3) is 0.615. The number of nitrogens with zero attached hydrogens (tertiary/aromatic N) is 4. The van der Waals surface area contributed by atoms with Gasteiger partial charge in [0.05, 0.1) is 12.7 Å². The fourth-order valence-corrected chi connectivity index (χ4v) is 3.05. The molecule has 0 aromatic carbocycles. The average Bonchev–Trinajstić information content (AvgIpc) is 3.01. The Morgan fingerprint density at radius 2 is 2.11 bits per heavy atom. The lowest BCUT2D eigenvalue weighted by Crippen LogP contribution is -2.35. The van der Waals surface area contributed by atoms with Crippen LogP contribution in [0.1, 0.15) is 16.8 Å². The summed E-state index contributed by atoms with van der Waals surface area (Å²) in [6.45, 7) is 2.80. The molecule has 3 rings (SSSR count). The van der Waals surface area contributed by atoms with Crippen LogP contribution >= 0.6 is 0 Å². The maximum atomic E-state index is 12.4. The Kier molecular flexibility index (Phi) is 3.10. The van der Waals surface area contributed by atoms with Gasteiger partial charge in [-0.2, -0.15) is 0 Å². The largest absolute Gasteiger partial charge is 0.467 e. The Morgan fingerprint density at radius 1 is 1.37 bits per heavy atom. The first kappa shape index (κ1) is 12.3. The predicted molar refractivity (Wildman–Crippen MR) is 69.0 cm³/mol. The molecule has 2 atom stereocenters. The first-order chi connectivity index (χ1) is 9.19. The van der Waals surface area contributed by atoms with Gasteiger partial charge < -0.3 is 14.5 Å². The van der Waals surface area contributed by atoms with Gasteiger partial charge in [-0.05, 0) is 25.9 Å². The number of likely N-dealkylation sites (N-methyl/N-ethyl adjacent to an activating group) is 1. The van der Waals surface area contributed by atoms with E-state index in [0.717, 1.165) is 19.6 Å². The number of aromatic nitrogens is 2. The highest BCUT2D eigenvalue weighted by molar-refractivity contribution is 5.93. The first-order valence-electron chi connectivity index (χ1n) is 6.54. The van der Waals surface area contributed by atoms with Crippen LogP contribution in [0.5, 0.6) is 6.01 Å². The van der Waals surface area contributed by atoms with Crippen LogP contribution < -0.4 is 4.74 Å². The molecule has 0 unspecified atom stereocenters. The molecule has 1 aromatic rings. The number of likely N-dealkylation sites (tertiary alicyclic amines) is 2. The van der Waals surface area contributed by atoms with Crippen LogP contribution in [0.3, 0.4) is 0 Å².